The van der Waals surface area contributed by atoms with Gasteiger partial charge in [0.15, 0.2) is 11.5 Å². The first-order valence-corrected chi connectivity index (χ1v) is 5.12. The number of nitrogens with two attached hydrogens (primary N) is 1. The van der Waals surface area contributed by atoms with Crippen molar-refractivity contribution >= 4 is 0 Å². The van der Waals surface area contributed by atoms with E-state index in [2.05, 4.69) is 0 Å². The van der Waals surface area contributed by atoms with E-state index >= 15 is 0 Å². The number of hydrogen-bond acceptors (Lipinski definition) is 4. The van der Waals surface area contributed by atoms with Crippen LogP contribution in [-0.4, -0.2) is 26.4 Å². The molecule has 1 aliphatic rings. The highest BCUT2D eigenvalue weighted by Gasteiger charge is 2.11. The van der Waals surface area contributed by atoms with Gasteiger partial charge in [0.1, 0.15) is 19.0 Å². The quantitative estimate of drug-likeness (QED) is 0.757. The van der Waals surface area contributed by atoms with E-state index < -0.39 is 0 Å². The molecule has 0 spiro atoms. The number of ether oxygens (including phenoxy) is 3. The summed E-state index contributed by atoms with van der Waals surface area (Å²) in [4.78, 5) is 0. The summed E-state index contributed by atoms with van der Waals surface area (Å²) in [5.41, 5.74) is 5.38. The zero-order chi connectivity index (χ0) is 10.5. The van der Waals surface area contributed by atoms with Crippen LogP contribution >= 0.6 is 0 Å². The van der Waals surface area contributed by atoms with Crippen molar-refractivity contribution in [3.63, 3.8) is 0 Å². The van der Waals surface area contributed by atoms with Crippen LogP contribution in [0.5, 0.6) is 17.2 Å². The second-order valence-corrected chi connectivity index (χ2v) is 3.30. The Hall–Kier alpha value is -1.42. The fourth-order valence-electron chi connectivity index (χ4n) is 1.39. The molecule has 1 heterocycles. The normalized spacial score (nSPS) is 13.7. The Bertz CT molecular complexity index is 328. The van der Waals surface area contributed by atoms with Crippen molar-refractivity contribution in [1.82, 2.24) is 0 Å². The van der Waals surface area contributed by atoms with Crippen LogP contribution < -0.4 is 19.9 Å². The molecule has 0 bridgehead atoms. The lowest BCUT2D eigenvalue weighted by Crippen LogP contribution is -2.15. The fourth-order valence-corrected chi connectivity index (χ4v) is 1.39. The van der Waals surface area contributed by atoms with E-state index in [0.717, 1.165) is 23.7 Å². The first-order chi connectivity index (χ1) is 7.40. The SMILES string of the molecule is NCCCOc1ccc2c(c1)OCCO2. The van der Waals surface area contributed by atoms with Gasteiger partial charge in [-0.2, -0.15) is 0 Å². The number of hydrogen-bond donors (Lipinski definition) is 1. The van der Waals surface area contributed by atoms with Gasteiger partial charge in [0.25, 0.3) is 0 Å². The Kier molecular flexibility index (Phi) is 3.29. The highest BCUT2D eigenvalue weighted by Crippen LogP contribution is 2.33. The molecule has 2 rings (SSSR count). The maximum Gasteiger partial charge on any atom is 0.165 e. The minimum Gasteiger partial charge on any atom is -0.493 e. The van der Waals surface area contributed by atoms with Gasteiger partial charge in [-0.15, -0.1) is 0 Å². The molecule has 0 amide bonds. The molecule has 1 aliphatic heterocycles. The van der Waals surface area contributed by atoms with Crippen LogP contribution in [0.2, 0.25) is 0 Å². The van der Waals surface area contributed by atoms with Gasteiger partial charge < -0.3 is 19.9 Å². The average Bonchev–Trinajstić information content (AvgIpc) is 2.29. The van der Waals surface area contributed by atoms with Gasteiger partial charge in [0.2, 0.25) is 0 Å². The molecule has 4 heteroatoms. The van der Waals surface area contributed by atoms with E-state index in [1.54, 1.807) is 0 Å². The van der Waals surface area contributed by atoms with E-state index in [1.165, 1.54) is 0 Å². The average molecular weight is 209 g/mol. The third-order valence-corrected chi connectivity index (χ3v) is 2.13. The zero-order valence-electron chi connectivity index (χ0n) is 8.57. The lowest BCUT2D eigenvalue weighted by atomic mass is 10.3. The first kappa shape index (κ1) is 10.1. The molecule has 82 valence electrons. The molecule has 2 N–H and O–H groups in total. The standard InChI is InChI=1S/C11H15NO3/c12-4-1-5-13-9-2-3-10-11(8-9)15-7-6-14-10/h2-3,8H,1,4-7,12H2. The second kappa shape index (κ2) is 4.89. The molecule has 15 heavy (non-hydrogen) atoms. The summed E-state index contributed by atoms with van der Waals surface area (Å²) < 4.78 is 16.3. The Morgan fingerprint density at radius 3 is 2.80 bits per heavy atom. The van der Waals surface area contributed by atoms with Crippen LogP contribution in [-0.2, 0) is 0 Å². The highest BCUT2D eigenvalue weighted by molar-refractivity contribution is 5.46. The van der Waals surface area contributed by atoms with Crippen molar-refractivity contribution in [1.29, 1.82) is 0 Å². The van der Waals surface area contributed by atoms with Crippen LogP contribution in [0.1, 0.15) is 6.42 Å². The summed E-state index contributed by atoms with van der Waals surface area (Å²) >= 11 is 0. The molecule has 0 atom stereocenters. The minimum absolute atomic E-state index is 0.596. The molecule has 0 unspecified atom stereocenters. The molecule has 0 saturated carbocycles. The molecular weight excluding hydrogens is 194 g/mol. The number of rotatable bonds is 4. The molecule has 4 nitrogen and oxygen atoms in total. The van der Waals surface area contributed by atoms with Crippen LogP contribution in [0.15, 0.2) is 18.2 Å². The fraction of sp³-hybridized carbons (Fsp3) is 0.455. The van der Waals surface area contributed by atoms with Gasteiger partial charge in [-0.05, 0) is 25.1 Å². The summed E-state index contributed by atoms with van der Waals surface area (Å²) in [6, 6.07) is 5.60. The number of fused-ring (bicyclic) bond motifs is 1. The summed E-state index contributed by atoms with van der Waals surface area (Å²) in [6.45, 7) is 2.49. The van der Waals surface area contributed by atoms with Crippen molar-refractivity contribution in [2.45, 2.75) is 6.42 Å². The van der Waals surface area contributed by atoms with Gasteiger partial charge in [0.05, 0.1) is 6.61 Å². The Labute approximate surface area is 88.9 Å². The lowest BCUT2D eigenvalue weighted by Gasteiger charge is -2.18. The van der Waals surface area contributed by atoms with Crippen LogP contribution in [0.25, 0.3) is 0 Å². The second-order valence-electron chi connectivity index (χ2n) is 3.30. The molecule has 1 aromatic carbocycles. The predicted octanol–water partition coefficient (Wildman–Crippen LogP) is 1.19. The molecule has 1 aromatic rings. The summed E-state index contributed by atoms with van der Waals surface area (Å²) in [5.74, 6) is 2.34. The van der Waals surface area contributed by atoms with Crippen molar-refractivity contribution < 1.29 is 14.2 Å². The monoisotopic (exact) mass is 209 g/mol. The van der Waals surface area contributed by atoms with E-state index in [9.17, 15) is 0 Å². The van der Waals surface area contributed by atoms with Crippen molar-refractivity contribution in [3.05, 3.63) is 18.2 Å². The Balaban J connectivity index is 2.00. The topological polar surface area (TPSA) is 53.7 Å². The van der Waals surface area contributed by atoms with Gasteiger partial charge in [-0.3, -0.25) is 0 Å². The van der Waals surface area contributed by atoms with E-state index in [1.807, 2.05) is 18.2 Å². The largest absolute Gasteiger partial charge is 0.493 e. The van der Waals surface area contributed by atoms with Crippen LogP contribution in [0, 0.1) is 0 Å². The van der Waals surface area contributed by atoms with Gasteiger partial charge in [-0.25, -0.2) is 0 Å². The third kappa shape index (κ3) is 2.53. The maximum atomic E-state index is 5.50. The summed E-state index contributed by atoms with van der Waals surface area (Å²) in [6.07, 6.45) is 0.856. The summed E-state index contributed by atoms with van der Waals surface area (Å²) in [7, 11) is 0. The molecule has 0 fully saturated rings. The Morgan fingerprint density at radius 1 is 1.20 bits per heavy atom. The third-order valence-electron chi connectivity index (χ3n) is 2.13. The minimum atomic E-state index is 0.596. The summed E-state index contributed by atoms with van der Waals surface area (Å²) in [5, 5.41) is 0. The van der Waals surface area contributed by atoms with E-state index in [4.69, 9.17) is 19.9 Å². The van der Waals surface area contributed by atoms with Crippen LogP contribution in [0.3, 0.4) is 0 Å². The van der Waals surface area contributed by atoms with Crippen molar-refractivity contribution in [2.24, 2.45) is 5.73 Å². The maximum absolute atomic E-state index is 5.50. The van der Waals surface area contributed by atoms with Gasteiger partial charge in [-0.1, -0.05) is 0 Å². The number of benzene rings is 1. The molecule has 0 saturated heterocycles. The van der Waals surface area contributed by atoms with Crippen molar-refractivity contribution in [3.8, 4) is 17.2 Å². The smallest absolute Gasteiger partial charge is 0.165 e. The van der Waals surface area contributed by atoms with Crippen molar-refractivity contribution in [2.75, 3.05) is 26.4 Å². The highest BCUT2D eigenvalue weighted by atomic mass is 16.6. The lowest BCUT2D eigenvalue weighted by molar-refractivity contribution is 0.170. The van der Waals surface area contributed by atoms with Gasteiger partial charge >= 0.3 is 0 Å². The molecule has 0 radical (unpaired) electrons. The Morgan fingerprint density at radius 2 is 2.00 bits per heavy atom. The molecule has 0 aromatic heterocycles. The van der Waals surface area contributed by atoms with E-state index in [0.29, 0.717) is 26.4 Å². The van der Waals surface area contributed by atoms with Crippen LogP contribution in [0.4, 0.5) is 0 Å². The zero-order valence-corrected chi connectivity index (χ0v) is 8.57. The van der Waals surface area contributed by atoms with E-state index in [-0.39, 0.29) is 0 Å². The molecular formula is C11H15NO3. The predicted molar refractivity (Wildman–Crippen MR) is 56.6 cm³/mol. The van der Waals surface area contributed by atoms with Gasteiger partial charge in [0, 0.05) is 6.07 Å². The first-order valence-electron chi connectivity index (χ1n) is 5.12. The molecule has 0 aliphatic carbocycles.